The van der Waals surface area contributed by atoms with Gasteiger partial charge in [0.2, 0.25) is 0 Å². The summed E-state index contributed by atoms with van der Waals surface area (Å²) in [5, 5.41) is 0.892. The zero-order valence-electron chi connectivity index (χ0n) is 15.7. The molecule has 3 heterocycles. The van der Waals surface area contributed by atoms with E-state index in [-0.39, 0.29) is 5.56 Å². The molecular weight excluding hydrogens is 350 g/mol. The van der Waals surface area contributed by atoms with Crippen molar-refractivity contribution in [3.05, 3.63) is 94.7 Å². The number of benzene rings is 1. The molecule has 0 unspecified atom stereocenters. The maximum absolute atomic E-state index is 13.3. The van der Waals surface area contributed by atoms with Crippen LogP contribution in [0.25, 0.3) is 28.4 Å². The molecular formula is C23H19N3O2. The molecule has 0 radical (unpaired) electrons. The number of rotatable bonds is 4. The van der Waals surface area contributed by atoms with Gasteiger partial charge in [0.05, 0.1) is 12.8 Å². The molecule has 0 aliphatic heterocycles. The molecule has 0 atom stereocenters. The number of hydrogen-bond donors (Lipinski definition) is 0. The summed E-state index contributed by atoms with van der Waals surface area (Å²) in [5.41, 5.74) is 3.77. The Morgan fingerprint density at radius 1 is 1.07 bits per heavy atom. The number of fused-ring (bicyclic) bond motifs is 1. The quantitative estimate of drug-likeness (QED) is 0.537. The van der Waals surface area contributed by atoms with Gasteiger partial charge in [-0.05, 0) is 72.7 Å². The van der Waals surface area contributed by atoms with Gasteiger partial charge in [0.25, 0.3) is 5.56 Å². The van der Waals surface area contributed by atoms with Gasteiger partial charge in [-0.25, -0.2) is 4.98 Å². The Bertz CT molecular complexity index is 1210. The molecule has 1 aromatic carbocycles. The summed E-state index contributed by atoms with van der Waals surface area (Å²) in [4.78, 5) is 21.9. The van der Waals surface area contributed by atoms with Crippen LogP contribution in [0, 0.1) is 0 Å². The summed E-state index contributed by atoms with van der Waals surface area (Å²) in [6.45, 7) is 1.97. The number of pyridine rings is 3. The maximum Gasteiger partial charge on any atom is 0.264 e. The van der Waals surface area contributed by atoms with E-state index in [1.54, 1.807) is 30.3 Å². The molecule has 0 saturated carbocycles. The Labute approximate surface area is 162 Å². The summed E-state index contributed by atoms with van der Waals surface area (Å²) in [6.07, 6.45) is 7.11. The molecule has 0 fully saturated rings. The summed E-state index contributed by atoms with van der Waals surface area (Å²) >= 11 is 0. The van der Waals surface area contributed by atoms with Gasteiger partial charge >= 0.3 is 0 Å². The second-order valence-corrected chi connectivity index (χ2v) is 6.42. The van der Waals surface area contributed by atoms with Crippen LogP contribution in [0.3, 0.4) is 0 Å². The van der Waals surface area contributed by atoms with Crippen LogP contribution in [-0.4, -0.2) is 21.6 Å². The SMILES string of the molecule is COc1ccc(-n2c(=O)c(C=C(C)c3cccnc3)cc3cccnc32)cc1. The fourth-order valence-electron chi connectivity index (χ4n) is 3.15. The maximum atomic E-state index is 13.3. The fourth-order valence-corrected chi connectivity index (χ4v) is 3.15. The van der Waals surface area contributed by atoms with Crippen molar-refractivity contribution in [1.82, 2.24) is 14.5 Å². The van der Waals surface area contributed by atoms with Gasteiger partial charge in [-0.1, -0.05) is 6.07 Å². The van der Waals surface area contributed by atoms with E-state index < -0.39 is 0 Å². The second-order valence-electron chi connectivity index (χ2n) is 6.42. The molecule has 0 saturated heterocycles. The third-order valence-electron chi connectivity index (χ3n) is 4.61. The molecule has 5 nitrogen and oxygen atoms in total. The van der Waals surface area contributed by atoms with E-state index in [1.165, 1.54) is 0 Å². The second kappa shape index (κ2) is 7.48. The van der Waals surface area contributed by atoms with Crippen LogP contribution < -0.4 is 10.3 Å². The van der Waals surface area contributed by atoms with Crippen LogP contribution in [0.5, 0.6) is 5.75 Å². The van der Waals surface area contributed by atoms with Crippen molar-refractivity contribution in [2.24, 2.45) is 0 Å². The first kappa shape index (κ1) is 17.7. The first-order chi connectivity index (χ1) is 13.7. The van der Waals surface area contributed by atoms with Crippen molar-refractivity contribution in [1.29, 1.82) is 0 Å². The van der Waals surface area contributed by atoms with Gasteiger partial charge in [-0.15, -0.1) is 0 Å². The lowest BCUT2D eigenvalue weighted by molar-refractivity contribution is 0.414. The largest absolute Gasteiger partial charge is 0.497 e. The summed E-state index contributed by atoms with van der Waals surface area (Å²) in [6, 6.07) is 16.9. The minimum Gasteiger partial charge on any atom is -0.497 e. The van der Waals surface area contributed by atoms with Crippen molar-refractivity contribution in [3.8, 4) is 11.4 Å². The van der Waals surface area contributed by atoms with Gasteiger partial charge in [-0.3, -0.25) is 14.3 Å². The van der Waals surface area contributed by atoms with E-state index in [2.05, 4.69) is 9.97 Å². The topological polar surface area (TPSA) is 57.0 Å². The van der Waals surface area contributed by atoms with Crippen molar-refractivity contribution in [3.63, 3.8) is 0 Å². The Morgan fingerprint density at radius 3 is 2.57 bits per heavy atom. The molecule has 138 valence electrons. The van der Waals surface area contributed by atoms with Gasteiger partial charge in [-0.2, -0.15) is 0 Å². The third-order valence-corrected chi connectivity index (χ3v) is 4.61. The van der Waals surface area contributed by atoms with E-state index in [4.69, 9.17) is 4.74 Å². The Balaban J connectivity index is 1.94. The first-order valence-corrected chi connectivity index (χ1v) is 8.91. The van der Waals surface area contributed by atoms with Crippen molar-refractivity contribution in [2.75, 3.05) is 7.11 Å². The van der Waals surface area contributed by atoms with Crippen molar-refractivity contribution < 1.29 is 4.74 Å². The van der Waals surface area contributed by atoms with Crippen LogP contribution in [0.15, 0.2) is 78.0 Å². The lowest BCUT2D eigenvalue weighted by Crippen LogP contribution is -2.21. The average molecular weight is 369 g/mol. The van der Waals surface area contributed by atoms with Crippen molar-refractivity contribution >= 4 is 22.7 Å². The summed E-state index contributed by atoms with van der Waals surface area (Å²) < 4.78 is 6.87. The van der Waals surface area contributed by atoms with E-state index >= 15 is 0 Å². The molecule has 0 N–H and O–H groups in total. The molecule has 0 amide bonds. The molecule has 0 spiro atoms. The normalized spacial score (nSPS) is 11.6. The highest BCUT2D eigenvalue weighted by molar-refractivity contribution is 5.85. The molecule has 0 aliphatic carbocycles. The molecule has 5 heteroatoms. The van der Waals surface area contributed by atoms with Crippen LogP contribution in [0.2, 0.25) is 0 Å². The van der Waals surface area contributed by atoms with E-state index in [9.17, 15) is 4.79 Å². The van der Waals surface area contributed by atoms with E-state index in [0.29, 0.717) is 11.2 Å². The Hall–Kier alpha value is -3.73. The van der Waals surface area contributed by atoms with Gasteiger partial charge < -0.3 is 4.74 Å². The number of aromatic nitrogens is 3. The van der Waals surface area contributed by atoms with Crippen LogP contribution in [0.4, 0.5) is 0 Å². The first-order valence-electron chi connectivity index (χ1n) is 8.91. The van der Waals surface area contributed by atoms with Crippen molar-refractivity contribution in [2.45, 2.75) is 6.92 Å². The average Bonchev–Trinajstić information content (AvgIpc) is 2.75. The van der Waals surface area contributed by atoms with Gasteiger partial charge in [0.15, 0.2) is 0 Å². The fraction of sp³-hybridized carbons (Fsp3) is 0.0870. The lowest BCUT2D eigenvalue weighted by Gasteiger charge is -2.12. The highest BCUT2D eigenvalue weighted by Crippen LogP contribution is 2.21. The summed E-state index contributed by atoms with van der Waals surface area (Å²) in [5.74, 6) is 0.734. The van der Waals surface area contributed by atoms with Gasteiger partial charge in [0, 0.05) is 29.5 Å². The van der Waals surface area contributed by atoms with Gasteiger partial charge in [0.1, 0.15) is 11.4 Å². The minimum absolute atomic E-state index is 0.125. The number of methoxy groups -OCH3 is 1. The number of allylic oxidation sites excluding steroid dienone is 1. The molecule has 0 aliphatic rings. The highest BCUT2D eigenvalue weighted by Gasteiger charge is 2.11. The molecule has 4 rings (SSSR count). The van der Waals surface area contributed by atoms with E-state index in [0.717, 1.165) is 28.0 Å². The predicted octanol–water partition coefficient (Wildman–Crippen LogP) is 4.35. The predicted molar refractivity (Wildman–Crippen MR) is 112 cm³/mol. The zero-order valence-corrected chi connectivity index (χ0v) is 15.7. The smallest absolute Gasteiger partial charge is 0.264 e. The molecule has 28 heavy (non-hydrogen) atoms. The van der Waals surface area contributed by atoms with Crippen LogP contribution >= 0.6 is 0 Å². The Morgan fingerprint density at radius 2 is 1.86 bits per heavy atom. The lowest BCUT2D eigenvalue weighted by atomic mass is 10.1. The zero-order chi connectivity index (χ0) is 19.5. The standard InChI is InChI=1S/C23H19N3O2/c1-16(18-6-3-11-24-15-18)13-19-14-17-5-4-12-25-22(17)26(23(19)27)20-7-9-21(28-2)10-8-20/h3-15H,1-2H3. The highest BCUT2D eigenvalue weighted by atomic mass is 16.5. The van der Waals surface area contributed by atoms with E-state index in [1.807, 2.05) is 67.6 Å². The Kier molecular flexibility index (Phi) is 4.72. The minimum atomic E-state index is -0.125. The van der Waals surface area contributed by atoms with Crippen LogP contribution in [0.1, 0.15) is 18.1 Å². The molecule has 4 aromatic rings. The third kappa shape index (κ3) is 3.30. The molecule has 0 bridgehead atoms. The summed E-state index contributed by atoms with van der Waals surface area (Å²) in [7, 11) is 1.62. The van der Waals surface area contributed by atoms with Crippen LogP contribution in [-0.2, 0) is 0 Å². The number of nitrogens with zero attached hydrogens (tertiary/aromatic N) is 3. The number of ether oxygens (including phenoxy) is 1. The monoisotopic (exact) mass is 369 g/mol. The number of hydrogen-bond acceptors (Lipinski definition) is 4. The molecule has 3 aromatic heterocycles.